The van der Waals surface area contributed by atoms with Crippen molar-refractivity contribution in [3.63, 3.8) is 0 Å². The first-order valence-corrected chi connectivity index (χ1v) is 24.3. The van der Waals surface area contributed by atoms with Crippen LogP contribution >= 0.6 is 0 Å². The van der Waals surface area contributed by atoms with Crippen molar-refractivity contribution in [2.45, 2.75) is 283 Å². The van der Waals surface area contributed by atoms with Crippen molar-refractivity contribution < 1.29 is 24.5 Å². The Morgan fingerprint density at radius 1 is 0.444 bits per heavy atom. The molecule has 0 aromatic heterocycles. The molecule has 6 heteroatoms. The molecule has 0 rings (SSSR count). The molecule has 6 nitrogen and oxygen atoms in total. The van der Waals surface area contributed by atoms with Crippen LogP contribution in [-0.2, 0) is 14.3 Å². The summed E-state index contributed by atoms with van der Waals surface area (Å²) in [6, 6.07) is -0.549. The Morgan fingerprint density at radius 2 is 0.759 bits per heavy atom. The van der Waals surface area contributed by atoms with Crippen LogP contribution in [0, 0.1) is 0 Å². The Bertz CT molecular complexity index is 761. The van der Waals surface area contributed by atoms with E-state index in [-0.39, 0.29) is 18.5 Å². The fourth-order valence-electron chi connectivity index (χ4n) is 7.64. The molecule has 322 valence electrons. The summed E-state index contributed by atoms with van der Waals surface area (Å²) in [6.07, 6.45) is 47.8. The van der Waals surface area contributed by atoms with Crippen LogP contribution in [0.15, 0.2) is 0 Å². The molecule has 0 bridgehead atoms. The number of rotatable bonds is 45. The van der Waals surface area contributed by atoms with Gasteiger partial charge in [-0.1, -0.05) is 232 Å². The van der Waals surface area contributed by atoms with Crippen molar-refractivity contribution in [3.8, 4) is 0 Å². The molecule has 0 aliphatic heterocycles. The van der Waals surface area contributed by atoms with Gasteiger partial charge < -0.3 is 20.3 Å². The smallest absolute Gasteiger partial charge is 0.305 e. The largest absolute Gasteiger partial charge is 0.466 e. The summed E-state index contributed by atoms with van der Waals surface area (Å²) in [6.45, 7) is 4.90. The number of amides is 1. The summed E-state index contributed by atoms with van der Waals surface area (Å²) < 4.78 is 5.46. The van der Waals surface area contributed by atoms with Gasteiger partial charge in [-0.15, -0.1) is 0 Å². The third-order valence-electron chi connectivity index (χ3n) is 11.4. The number of carbonyl (C=O) groups excluding carboxylic acids is 2. The Kier molecular flexibility index (Phi) is 43.6. The van der Waals surface area contributed by atoms with E-state index < -0.39 is 12.1 Å². The molecule has 0 saturated carbocycles. The minimum Gasteiger partial charge on any atom is -0.466 e. The molecule has 0 saturated heterocycles. The normalized spacial score (nSPS) is 12.6. The lowest BCUT2D eigenvalue weighted by atomic mass is 10.0. The van der Waals surface area contributed by atoms with Gasteiger partial charge in [0.05, 0.1) is 25.4 Å². The Hall–Kier alpha value is -1.14. The number of hydrogen-bond acceptors (Lipinski definition) is 5. The number of aliphatic hydroxyl groups excluding tert-OH is 2. The summed E-state index contributed by atoms with van der Waals surface area (Å²) in [4.78, 5) is 24.4. The number of esters is 1. The Labute approximate surface area is 336 Å². The average molecular weight is 766 g/mol. The van der Waals surface area contributed by atoms with E-state index in [1.165, 1.54) is 180 Å². The maximum atomic E-state index is 12.4. The lowest BCUT2D eigenvalue weighted by molar-refractivity contribution is -0.143. The van der Waals surface area contributed by atoms with Crippen LogP contribution in [0.5, 0.6) is 0 Å². The summed E-state index contributed by atoms with van der Waals surface area (Å²) >= 11 is 0. The zero-order valence-electron chi connectivity index (χ0n) is 36.5. The van der Waals surface area contributed by atoms with Crippen LogP contribution in [0.25, 0.3) is 0 Å². The molecule has 0 heterocycles. The summed E-state index contributed by atoms with van der Waals surface area (Å²) in [7, 11) is 0. The summed E-state index contributed by atoms with van der Waals surface area (Å²) in [5.74, 6) is -0.0578. The highest BCUT2D eigenvalue weighted by Crippen LogP contribution is 2.16. The van der Waals surface area contributed by atoms with Gasteiger partial charge in [0.1, 0.15) is 0 Å². The van der Waals surface area contributed by atoms with Gasteiger partial charge in [0.15, 0.2) is 0 Å². The van der Waals surface area contributed by atoms with Gasteiger partial charge in [0.2, 0.25) is 5.91 Å². The first-order valence-electron chi connectivity index (χ1n) is 24.3. The second-order valence-electron chi connectivity index (χ2n) is 16.8. The predicted molar refractivity (Wildman–Crippen MR) is 232 cm³/mol. The minimum atomic E-state index is -0.670. The van der Waals surface area contributed by atoms with Crippen LogP contribution in [0.4, 0.5) is 0 Å². The maximum Gasteiger partial charge on any atom is 0.305 e. The second kappa shape index (κ2) is 44.6. The second-order valence-corrected chi connectivity index (χ2v) is 16.8. The molecule has 54 heavy (non-hydrogen) atoms. The topological polar surface area (TPSA) is 95.9 Å². The van der Waals surface area contributed by atoms with Gasteiger partial charge in [0, 0.05) is 12.8 Å². The zero-order chi connectivity index (χ0) is 39.4. The van der Waals surface area contributed by atoms with Crippen LogP contribution < -0.4 is 5.32 Å². The number of aliphatic hydroxyl groups is 2. The van der Waals surface area contributed by atoms with E-state index in [0.29, 0.717) is 25.9 Å². The van der Waals surface area contributed by atoms with Gasteiger partial charge >= 0.3 is 5.97 Å². The molecule has 2 unspecified atom stereocenters. The van der Waals surface area contributed by atoms with Crippen molar-refractivity contribution >= 4 is 11.9 Å². The van der Waals surface area contributed by atoms with Crippen LogP contribution in [0.3, 0.4) is 0 Å². The van der Waals surface area contributed by atoms with Crippen molar-refractivity contribution in [2.24, 2.45) is 0 Å². The average Bonchev–Trinajstić information content (AvgIpc) is 3.17. The first-order chi connectivity index (χ1) is 26.5. The van der Waals surface area contributed by atoms with Gasteiger partial charge in [-0.05, 0) is 25.7 Å². The predicted octanol–water partition coefficient (Wildman–Crippen LogP) is 14.0. The van der Waals surface area contributed by atoms with Crippen molar-refractivity contribution in [1.82, 2.24) is 5.32 Å². The lowest BCUT2D eigenvalue weighted by Gasteiger charge is -2.22. The number of hydrogen-bond donors (Lipinski definition) is 3. The molecule has 2 atom stereocenters. The van der Waals surface area contributed by atoms with Crippen LogP contribution in [-0.4, -0.2) is 47.4 Å². The van der Waals surface area contributed by atoms with Gasteiger partial charge in [-0.3, -0.25) is 9.59 Å². The van der Waals surface area contributed by atoms with E-state index >= 15 is 0 Å². The van der Waals surface area contributed by atoms with E-state index in [9.17, 15) is 19.8 Å². The highest BCUT2D eigenvalue weighted by atomic mass is 16.5. The fourth-order valence-corrected chi connectivity index (χ4v) is 7.64. The molecule has 0 aromatic rings. The molecule has 0 radical (unpaired) electrons. The van der Waals surface area contributed by atoms with E-state index in [2.05, 4.69) is 19.2 Å². The molecule has 0 aromatic carbocycles. The van der Waals surface area contributed by atoms with E-state index in [0.717, 1.165) is 57.8 Å². The third kappa shape index (κ3) is 40.5. The maximum absolute atomic E-state index is 12.4. The molecule has 0 aliphatic rings. The number of carbonyl (C=O) groups is 2. The van der Waals surface area contributed by atoms with Gasteiger partial charge in [-0.25, -0.2) is 0 Å². The van der Waals surface area contributed by atoms with Gasteiger partial charge in [0.25, 0.3) is 0 Å². The molecular formula is C48H95NO5. The van der Waals surface area contributed by atoms with Crippen molar-refractivity contribution in [1.29, 1.82) is 0 Å². The number of ether oxygens (including phenoxy) is 1. The molecule has 0 spiro atoms. The van der Waals surface area contributed by atoms with Crippen molar-refractivity contribution in [3.05, 3.63) is 0 Å². The van der Waals surface area contributed by atoms with Crippen molar-refractivity contribution in [2.75, 3.05) is 13.2 Å². The third-order valence-corrected chi connectivity index (χ3v) is 11.4. The molecule has 0 fully saturated rings. The minimum absolute atomic E-state index is 0.00591. The molecule has 3 N–H and O–H groups in total. The summed E-state index contributed by atoms with van der Waals surface area (Å²) in [5, 5.41) is 23.0. The van der Waals surface area contributed by atoms with Crippen LogP contribution in [0.1, 0.15) is 271 Å². The standard InChI is InChI=1S/C48H95NO5/c1-3-5-7-9-11-13-14-15-16-17-18-22-26-30-34-38-42-48(53)54-43-39-35-31-27-23-20-19-21-25-29-33-37-41-47(52)49-45(44-50)46(51)40-36-32-28-24-12-10-8-6-4-2/h45-46,50-51H,3-44H2,1-2H3,(H,49,52). The molecule has 1 amide bonds. The molecule has 0 aliphatic carbocycles. The summed E-state index contributed by atoms with van der Waals surface area (Å²) in [5.41, 5.74) is 0. The number of unbranched alkanes of at least 4 members (excludes halogenated alkanes) is 34. The van der Waals surface area contributed by atoms with E-state index in [1.54, 1.807) is 0 Å². The van der Waals surface area contributed by atoms with E-state index in [1.807, 2.05) is 0 Å². The monoisotopic (exact) mass is 766 g/mol. The highest BCUT2D eigenvalue weighted by Gasteiger charge is 2.20. The fraction of sp³-hybridized carbons (Fsp3) is 0.958. The highest BCUT2D eigenvalue weighted by molar-refractivity contribution is 5.76. The van der Waals surface area contributed by atoms with E-state index in [4.69, 9.17) is 4.74 Å². The van der Waals surface area contributed by atoms with Gasteiger partial charge in [-0.2, -0.15) is 0 Å². The molecular weight excluding hydrogens is 671 g/mol. The number of nitrogens with one attached hydrogen (secondary N) is 1. The SMILES string of the molecule is CCCCCCCCCCCCCCCCCCC(=O)OCCCCCCCCCCCCCCC(=O)NC(CO)C(O)CCCCCCCCCCC. The first kappa shape index (κ1) is 52.9. The lowest BCUT2D eigenvalue weighted by Crippen LogP contribution is -2.45. The van der Waals surface area contributed by atoms with Crippen LogP contribution in [0.2, 0.25) is 0 Å². The Morgan fingerprint density at radius 3 is 1.13 bits per heavy atom. The quantitative estimate of drug-likeness (QED) is 0.0424. The zero-order valence-corrected chi connectivity index (χ0v) is 36.5. The Balaban J connectivity index is 3.40.